The van der Waals surface area contributed by atoms with Gasteiger partial charge in [-0.3, -0.25) is 10.1 Å². The van der Waals surface area contributed by atoms with E-state index in [-0.39, 0.29) is 23.0 Å². The van der Waals surface area contributed by atoms with Crippen molar-refractivity contribution in [1.82, 2.24) is 9.97 Å². The van der Waals surface area contributed by atoms with Gasteiger partial charge in [0.25, 0.3) is 0 Å². The van der Waals surface area contributed by atoms with Gasteiger partial charge in [-0.1, -0.05) is 18.2 Å². The molecule has 8 heteroatoms. The zero-order valence-corrected chi connectivity index (χ0v) is 14.2. The number of nitro groups is 1. The van der Waals surface area contributed by atoms with Crippen LogP contribution in [0.1, 0.15) is 11.1 Å². The number of benzene rings is 2. The topological polar surface area (TPSA) is 93.0 Å². The van der Waals surface area contributed by atoms with Gasteiger partial charge in [0.1, 0.15) is 12.1 Å². The average Bonchev–Trinajstić information content (AvgIpc) is 2.60. The third-order valence-corrected chi connectivity index (χ3v) is 3.90. The van der Waals surface area contributed by atoms with E-state index in [4.69, 9.17) is 0 Å². The normalized spacial score (nSPS) is 10.4. The van der Waals surface area contributed by atoms with Gasteiger partial charge < -0.3 is 10.6 Å². The molecule has 1 heterocycles. The van der Waals surface area contributed by atoms with Gasteiger partial charge in [0, 0.05) is 5.69 Å². The van der Waals surface area contributed by atoms with E-state index >= 15 is 0 Å². The highest BCUT2D eigenvalue weighted by Crippen LogP contribution is 2.33. The fraction of sp³-hybridized carbons (Fsp3) is 0.111. The van der Waals surface area contributed by atoms with Crippen LogP contribution in [0.3, 0.4) is 0 Å². The summed E-state index contributed by atoms with van der Waals surface area (Å²) in [6, 6.07) is 11.4. The van der Waals surface area contributed by atoms with E-state index in [1.54, 1.807) is 12.1 Å². The molecule has 0 saturated carbocycles. The van der Waals surface area contributed by atoms with Crippen molar-refractivity contribution in [2.24, 2.45) is 0 Å². The van der Waals surface area contributed by atoms with Crippen LogP contribution < -0.4 is 10.6 Å². The summed E-state index contributed by atoms with van der Waals surface area (Å²) in [7, 11) is 0. The number of rotatable bonds is 5. The maximum atomic E-state index is 13.8. The first-order valence-electron chi connectivity index (χ1n) is 7.81. The highest BCUT2D eigenvalue weighted by Gasteiger charge is 2.24. The fourth-order valence-corrected chi connectivity index (χ4v) is 2.38. The molecular formula is C18H16FN5O2. The second kappa shape index (κ2) is 7.14. The van der Waals surface area contributed by atoms with Crippen molar-refractivity contribution in [1.29, 1.82) is 0 Å². The third-order valence-electron chi connectivity index (χ3n) is 3.90. The molecule has 0 saturated heterocycles. The minimum Gasteiger partial charge on any atom is -0.334 e. The number of nitrogens with one attached hydrogen (secondary N) is 2. The van der Waals surface area contributed by atoms with E-state index < -0.39 is 10.7 Å². The average molecular weight is 353 g/mol. The first kappa shape index (κ1) is 17.3. The Morgan fingerprint density at radius 1 is 1.00 bits per heavy atom. The highest BCUT2D eigenvalue weighted by atomic mass is 19.1. The predicted octanol–water partition coefficient (Wildman–Crippen LogP) is 4.63. The lowest BCUT2D eigenvalue weighted by atomic mass is 10.1. The number of hydrogen-bond donors (Lipinski definition) is 2. The molecule has 0 atom stereocenters. The number of halogens is 1. The molecule has 0 aliphatic rings. The second-order valence-corrected chi connectivity index (χ2v) is 5.71. The molecule has 2 aromatic carbocycles. The number of hydrogen-bond acceptors (Lipinski definition) is 6. The highest BCUT2D eigenvalue weighted by molar-refractivity contribution is 5.77. The summed E-state index contributed by atoms with van der Waals surface area (Å²) in [5.41, 5.74) is 2.53. The summed E-state index contributed by atoms with van der Waals surface area (Å²) in [5.74, 6) is -0.613. The van der Waals surface area contributed by atoms with Gasteiger partial charge in [0.2, 0.25) is 11.6 Å². The molecule has 26 heavy (non-hydrogen) atoms. The van der Waals surface area contributed by atoms with E-state index in [0.29, 0.717) is 5.69 Å². The summed E-state index contributed by atoms with van der Waals surface area (Å²) < 4.78 is 13.8. The zero-order chi connectivity index (χ0) is 18.7. The van der Waals surface area contributed by atoms with Crippen molar-refractivity contribution in [2.45, 2.75) is 13.8 Å². The Labute approximate surface area is 149 Å². The summed E-state index contributed by atoms with van der Waals surface area (Å²) in [6.07, 6.45) is 1.18. The van der Waals surface area contributed by atoms with Gasteiger partial charge in [-0.2, -0.15) is 0 Å². The Balaban J connectivity index is 1.99. The minimum absolute atomic E-state index is 0.0205. The molecule has 132 valence electrons. The zero-order valence-electron chi connectivity index (χ0n) is 14.2. The Bertz CT molecular complexity index is 978. The van der Waals surface area contributed by atoms with Crippen molar-refractivity contribution < 1.29 is 9.31 Å². The van der Waals surface area contributed by atoms with Gasteiger partial charge in [-0.05, 0) is 49.2 Å². The Morgan fingerprint density at radius 3 is 2.35 bits per heavy atom. The summed E-state index contributed by atoms with van der Waals surface area (Å²) >= 11 is 0. The maximum absolute atomic E-state index is 13.8. The van der Waals surface area contributed by atoms with E-state index in [9.17, 15) is 14.5 Å². The second-order valence-electron chi connectivity index (χ2n) is 5.71. The van der Waals surface area contributed by atoms with E-state index in [2.05, 4.69) is 20.6 Å². The number of para-hydroxylation sites is 1. The molecular weight excluding hydrogens is 337 g/mol. The van der Waals surface area contributed by atoms with Crippen LogP contribution in [0.2, 0.25) is 0 Å². The standard InChI is InChI=1S/C18H16FN5O2/c1-11-7-8-13(9-12(11)2)22-17-16(24(25)26)18(21-10-20-17)23-15-6-4-3-5-14(15)19/h3-10H,1-2H3,(H2,20,21,22,23). The fourth-order valence-electron chi connectivity index (χ4n) is 2.38. The molecule has 0 bridgehead atoms. The van der Waals surface area contributed by atoms with Gasteiger partial charge in [0.05, 0.1) is 10.6 Å². The van der Waals surface area contributed by atoms with Crippen molar-refractivity contribution in [3.8, 4) is 0 Å². The molecule has 1 aromatic heterocycles. The molecule has 0 aliphatic heterocycles. The van der Waals surface area contributed by atoms with Crippen molar-refractivity contribution >= 4 is 28.7 Å². The van der Waals surface area contributed by atoms with Crippen molar-refractivity contribution in [3.05, 3.63) is 75.9 Å². The monoisotopic (exact) mass is 353 g/mol. The van der Waals surface area contributed by atoms with E-state index in [1.807, 2.05) is 26.0 Å². The summed E-state index contributed by atoms with van der Waals surface area (Å²) in [6.45, 7) is 3.92. The van der Waals surface area contributed by atoms with Gasteiger partial charge >= 0.3 is 5.69 Å². The first-order valence-corrected chi connectivity index (χ1v) is 7.81. The van der Waals surface area contributed by atoms with Crippen LogP contribution in [0, 0.1) is 29.8 Å². The van der Waals surface area contributed by atoms with Crippen LogP contribution in [0.4, 0.5) is 33.1 Å². The third kappa shape index (κ3) is 3.59. The van der Waals surface area contributed by atoms with Crippen LogP contribution >= 0.6 is 0 Å². The molecule has 0 amide bonds. The number of anilines is 4. The van der Waals surface area contributed by atoms with Crippen LogP contribution in [0.5, 0.6) is 0 Å². The van der Waals surface area contributed by atoms with Crippen LogP contribution in [-0.2, 0) is 0 Å². The molecule has 0 radical (unpaired) electrons. The smallest absolute Gasteiger partial charge is 0.334 e. The molecule has 0 fully saturated rings. The van der Waals surface area contributed by atoms with E-state index in [1.165, 1.54) is 24.5 Å². The largest absolute Gasteiger partial charge is 0.353 e. The van der Waals surface area contributed by atoms with Gasteiger partial charge in [0.15, 0.2) is 0 Å². The number of aromatic nitrogens is 2. The molecule has 2 N–H and O–H groups in total. The van der Waals surface area contributed by atoms with Crippen LogP contribution in [-0.4, -0.2) is 14.9 Å². The van der Waals surface area contributed by atoms with Crippen LogP contribution in [0.15, 0.2) is 48.8 Å². The Kier molecular flexibility index (Phi) is 4.74. The number of aryl methyl sites for hydroxylation is 2. The Morgan fingerprint density at radius 2 is 1.69 bits per heavy atom. The Hall–Kier alpha value is -3.55. The quantitative estimate of drug-likeness (QED) is 0.513. The maximum Gasteiger partial charge on any atom is 0.353 e. The molecule has 0 spiro atoms. The molecule has 3 aromatic rings. The predicted molar refractivity (Wildman–Crippen MR) is 97.6 cm³/mol. The molecule has 0 aliphatic carbocycles. The van der Waals surface area contributed by atoms with Gasteiger partial charge in [-0.25, -0.2) is 14.4 Å². The van der Waals surface area contributed by atoms with Crippen molar-refractivity contribution in [3.63, 3.8) is 0 Å². The van der Waals surface area contributed by atoms with Crippen LogP contribution in [0.25, 0.3) is 0 Å². The molecule has 7 nitrogen and oxygen atoms in total. The first-order chi connectivity index (χ1) is 12.5. The molecule has 0 unspecified atom stereocenters. The van der Waals surface area contributed by atoms with Crippen molar-refractivity contribution in [2.75, 3.05) is 10.6 Å². The number of nitrogens with zero attached hydrogens (tertiary/aromatic N) is 3. The van der Waals surface area contributed by atoms with E-state index in [0.717, 1.165) is 11.1 Å². The SMILES string of the molecule is Cc1ccc(Nc2ncnc(Nc3ccccc3F)c2[N+](=O)[O-])cc1C. The molecule has 3 rings (SSSR count). The summed E-state index contributed by atoms with van der Waals surface area (Å²) in [5, 5.41) is 17.2. The minimum atomic E-state index is -0.605. The lowest BCUT2D eigenvalue weighted by Crippen LogP contribution is -2.06. The lowest BCUT2D eigenvalue weighted by Gasteiger charge is -2.11. The lowest BCUT2D eigenvalue weighted by molar-refractivity contribution is -0.383. The summed E-state index contributed by atoms with van der Waals surface area (Å²) in [4.78, 5) is 18.9. The van der Waals surface area contributed by atoms with Gasteiger partial charge in [-0.15, -0.1) is 0 Å².